The Hall–Kier alpha value is -1.97. The second kappa shape index (κ2) is 9.29. The number of rotatable bonds is 8. The number of unbranched alkanes of at least 4 members (excludes halogenated alkanes) is 4. The fraction of sp³-hybridized carbons (Fsp3) is 0.318. The molecule has 0 saturated heterocycles. The van der Waals surface area contributed by atoms with Crippen molar-refractivity contribution in [3.05, 3.63) is 58.3 Å². The van der Waals surface area contributed by atoms with Gasteiger partial charge in [0, 0.05) is 17.5 Å². The Bertz CT molecular complexity index is 933. The van der Waals surface area contributed by atoms with E-state index in [9.17, 15) is 4.79 Å². The number of amides is 1. The maximum Gasteiger partial charge on any atom is 0.287 e. The Kier molecular flexibility index (Phi) is 6.81. The van der Waals surface area contributed by atoms with Crippen LogP contribution in [0.15, 0.2) is 46.9 Å². The maximum atomic E-state index is 12.8. The van der Waals surface area contributed by atoms with E-state index < -0.39 is 0 Å². The summed E-state index contributed by atoms with van der Waals surface area (Å²) in [5.74, 6) is 0.103. The minimum atomic E-state index is -0.206. The first-order valence-corrected chi connectivity index (χ1v) is 10.1. The lowest BCUT2D eigenvalue weighted by molar-refractivity contribution is 0.0928. The first kappa shape index (κ1) is 19.8. The lowest BCUT2D eigenvalue weighted by Gasteiger charge is -2.07. The molecule has 3 rings (SSSR count). The highest BCUT2D eigenvalue weighted by Gasteiger charge is 2.22. The van der Waals surface area contributed by atoms with Gasteiger partial charge in [0.05, 0.1) is 10.0 Å². The number of hydrogen-bond acceptors (Lipinski definition) is 2. The van der Waals surface area contributed by atoms with Crippen LogP contribution in [0.25, 0.3) is 22.1 Å². The van der Waals surface area contributed by atoms with Crippen molar-refractivity contribution in [3.63, 3.8) is 0 Å². The summed E-state index contributed by atoms with van der Waals surface area (Å²) in [6.07, 6.45) is 5.73. The quantitative estimate of drug-likeness (QED) is 0.407. The Morgan fingerprint density at radius 3 is 2.56 bits per heavy atom. The largest absolute Gasteiger partial charge is 0.450 e. The van der Waals surface area contributed by atoms with Crippen molar-refractivity contribution in [2.45, 2.75) is 39.0 Å². The fourth-order valence-electron chi connectivity index (χ4n) is 3.15. The van der Waals surface area contributed by atoms with Gasteiger partial charge in [0.15, 0.2) is 0 Å². The van der Waals surface area contributed by atoms with Gasteiger partial charge in [0.1, 0.15) is 5.58 Å². The van der Waals surface area contributed by atoms with E-state index in [4.69, 9.17) is 27.6 Å². The number of nitrogens with one attached hydrogen (secondary N) is 1. The van der Waals surface area contributed by atoms with Crippen LogP contribution in [0.4, 0.5) is 0 Å². The van der Waals surface area contributed by atoms with Crippen LogP contribution in [-0.2, 0) is 0 Å². The standard InChI is InChI=1S/C22H23Cl2NO2/c1-2-3-4-5-8-13-25-22(26)21-20(15-11-12-17(23)18(24)14-15)16-9-6-7-10-19(16)27-21/h6-7,9-12,14H,2-5,8,13H2,1H3,(H,25,26). The van der Waals surface area contributed by atoms with Crippen molar-refractivity contribution in [1.29, 1.82) is 0 Å². The summed E-state index contributed by atoms with van der Waals surface area (Å²) in [6, 6.07) is 13.0. The normalized spacial score (nSPS) is 11.1. The molecule has 3 nitrogen and oxygen atoms in total. The molecule has 27 heavy (non-hydrogen) atoms. The average Bonchev–Trinajstić information content (AvgIpc) is 3.06. The molecular formula is C22H23Cl2NO2. The second-order valence-corrected chi connectivity index (χ2v) is 7.42. The van der Waals surface area contributed by atoms with Gasteiger partial charge < -0.3 is 9.73 Å². The topological polar surface area (TPSA) is 42.2 Å². The molecule has 0 aliphatic heterocycles. The number of carbonyl (C=O) groups excluding carboxylic acids is 1. The molecule has 1 N–H and O–H groups in total. The van der Waals surface area contributed by atoms with Gasteiger partial charge in [0.25, 0.3) is 5.91 Å². The van der Waals surface area contributed by atoms with Crippen molar-refractivity contribution < 1.29 is 9.21 Å². The number of furan rings is 1. The predicted octanol–water partition coefficient (Wildman–Crippen LogP) is 7.11. The third-order valence-electron chi connectivity index (χ3n) is 4.58. The highest BCUT2D eigenvalue weighted by atomic mass is 35.5. The Morgan fingerprint density at radius 2 is 1.78 bits per heavy atom. The number of para-hydroxylation sites is 1. The number of carbonyl (C=O) groups is 1. The summed E-state index contributed by atoms with van der Waals surface area (Å²) in [6.45, 7) is 2.83. The molecule has 1 amide bonds. The molecule has 1 aromatic heterocycles. The van der Waals surface area contributed by atoms with Crippen LogP contribution in [0.2, 0.25) is 10.0 Å². The smallest absolute Gasteiger partial charge is 0.287 e. The molecule has 1 heterocycles. The molecule has 0 spiro atoms. The molecule has 2 aromatic carbocycles. The second-order valence-electron chi connectivity index (χ2n) is 6.60. The van der Waals surface area contributed by atoms with Gasteiger partial charge >= 0.3 is 0 Å². The molecule has 0 saturated carbocycles. The molecule has 3 aromatic rings. The van der Waals surface area contributed by atoms with E-state index in [1.54, 1.807) is 12.1 Å². The maximum absolute atomic E-state index is 12.8. The number of hydrogen-bond donors (Lipinski definition) is 1. The Balaban J connectivity index is 1.86. The van der Waals surface area contributed by atoms with Gasteiger partial charge in [-0.3, -0.25) is 4.79 Å². The van der Waals surface area contributed by atoms with E-state index in [2.05, 4.69) is 12.2 Å². The SMILES string of the molecule is CCCCCCCNC(=O)c1oc2ccccc2c1-c1ccc(Cl)c(Cl)c1. The molecule has 0 radical (unpaired) electrons. The van der Waals surface area contributed by atoms with Crippen LogP contribution in [-0.4, -0.2) is 12.5 Å². The zero-order valence-electron chi connectivity index (χ0n) is 15.4. The molecule has 0 aliphatic carbocycles. The summed E-state index contributed by atoms with van der Waals surface area (Å²) >= 11 is 12.2. The molecular weight excluding hydrogens is 381 g/mol. The lowest BCUT2D eigenvalue weighted by atomic mass is 10.0. The summed E-state index contributed by atoms with van der Waals surface area (Å²) in [5.41, 5.74) is 2.22. The molecule has 142 valence electrons. The predicted molar refractivity (Wildman–Crippen MR) is 113 cm³/mol. The van der Waals surface area contributed by atoms with Crippen molar-refractivity contribution in [2.75, 3.05) is 6.54 Å². The van der Waals surface area contributed by atoms with Gasteiger partial charge in [-0.25, -0.2) is 0 Å². The van der Waals surface area contributed by atoms with Crippen molar-refractivity contribution in [3.8, 4) is 11.1 Å². The highest BCUT2D eigenvalue weighted by Crippen LogP contribution is 2.37. The molecule has 0 aliphatic rings. The summed E-state index contributed by atoms with van der Waals surface area (Å²) in [5, 5.41) is 4.78. The summed E-state index contributed by atoms with van der Waals surface area (Å²) in [7, 11) is 0. The Labute approximate surface area is 169 Å². The van der Waals surface area contributed by atoms with Crippen molar-refractivity contribution in [1.82, 2.24) is 5.32 Å². The van der Waals surface area contributed by atoms with Crippen LogP contribution in [0.5, 0.6) is 0 Å². The van der Waals surface area contributed by atoms with E-state index in [0.29, 0.717) is 27.9 Å². The van der Waals surface area contributed by atoms with E-state index in [1.165, 1.54) is 19.3 Å². The molecule has 0 bridgehead atoms. The minimum absolute atomic E-state index is 0.206. The fourth-order valence-corrected chi connectivity index (χ4v) is 3.45. The first-order valence-electron chi connectivity index (χ1n) is 9.37. The van der Waals surface area contributed by atoms with Gasteiger partial charge in [-0.15, -0.1) is 0 Å². The van der Waals surface area contributed by atoms with E-state index >= 15 is 0 Å². The molecule has 0 atom stereocenters. The number of benzene rings is 2. The van der Waals surface area contributed by atoms with Crippen molar-refractivity contribution in [2.24, 2.45) is 0 Å². The third kappa shape index (κ3) is 4.66. The third-order valence-corrected chi connectivity index (χ3v) is 5.31. The monoisotopic (exact) mass is 403 g/mol. The lowest BCUT2D eigenvalue weighted by Crippen LogP contribution is -2.24. The zero-order valence-corrected chi connectivity index (χ0v) is 16.9. The number of fused-ring (bicyclic) bond motifs is 1. The van der Waals surface area contributed by atoms with Gasteiger partial charge in [-0.2, -0.15) is 0 Å². The van der Waals surface area contributed by atoms with E-state index in [1.807, 2.05) is 30.3 Å². The van der Waals surface area contributed by atoms with E-state index in [0.717, 1.165) is 29.4 Å². The van der Waals surface area contributed by atoms with Crippen molar-refractivity contribution >= 4 is 40.1 Å². The number of halogens is 2. The van der Waals surface area contributed by atoms with Gasteiger partial charge in [0.2, 0.25) is 5.76 Å². The summed E-state index contributed by atoms with van der Waals surface area (Å²) < 4.78 is 5.89. The molecule has 5 heteroatoms. The van der Waals surface area contributed by atoms with Crippen LogP contribution in [0.1, 0.15) is 49.6 Å². The van der Waals surface area contributed by atoms with Crippen LogP contribution in [0.3, 0.4) is 0 Å². The molecule has 0 unspecified atom stereocenters. The first-order chi connectivity index (χ1) is 13.1. The van der Waals surface area contributed by atoms with E-state index in [-0.39, 0.29) is 5.91 Å². The van der Waals surface area contributed by atoms with Gasteiger partial charge in [-0.1, -0.05) is 80.1 Å². The highest BCUT2D eigenvalue weighted by molar-refractivity contribution is 6.42. The minimum Gasteiger partial charge on any atom is -0.450 e. The molecule has 0 fully saturated rings. The van der Waals surface area contributed by atoms with Crippen LogP contribution < -0.4 is 5.32 Å². The zero-order chi connectivity index (χ0) is 19.2. The summed E-state index contributed by atoms with van der Waals surface area (Å²) in [4.78, 5) is 12.8. The van der Waals surface area contributed by atoms with Crippen LogP contribution >= 0.6 is 23.2 Å². The van der Waals surface area contributed by atoms with Gasteiger partial charge in [-0.05, 0) is 30.2 Å². The Morgan fingerprint density at radius 1 is 1.00 bits per heavy atom. The van der Waals surface area contributed by atoms with Crippen LogP contribution in [0, 0.1) is 0 Å². The average molecular weight is 404 g/mol.